The summed E-state index contributed by atoms with van der Waals surface area (Å²) in [5, 5.41) is 0.209. The number of benzene rings is 2. The molecule has 21 heavy (non-hydrogen) atoms. The molecule has 112 valence electrons. The van der Waals surface area contributed by atoms with Gasteiger partial charge in [0.25, 0.3) is 0 Å². The van der Waals surface area contributed by atoms with Gasteiger partial charge in [-0.25, -0.2) is 0 Å². The zero-order valence-corrected chi connectivity index (χ0v) is 15.0. The Hall–Kier alpha value is -0.900. The van der Waals surface area contributed by atoms with Gasteiger partial charge in [0.05, 0.1) is 19.6 Å². The van der Waals surface area contributed by atoms with Crippen molar-refractivity contribution in [3.05, 3.63) is 56.5 Å². The van der Waals surface area contributed by atoms with Gasteiger partial charge in [-0.05, 0) is 36.8 Å². The predicted octanol–water partition coefficient (Wildman–Crippen LogP) is 5.76. The highest BCUT2D eigenvalue weighted by molar-refractivity contribution is 9.10. The molecule has 0 aliphatic carbocycles. The Morgan fingerprint density at radius 1 is 1.00 bits per heavy atom. The van der Waals surface area contributed by atoms with Crippen molar-refractivity contribution in [3.8, 4) is 11.5 Å². The van der Waals surface area contributed by atoms with Gasteiger partial charge in [-0.2, -0.15) is 0 Å². The summed E-state index contributed by atoms with van der Waals surface area (Å²) in [5.74, 6) is 1.40. The highest BCUT2D eigenvalue weighted by Gasteiger charge is 2.20. The Morgan fingerprint density at radius 3 is 2.24 bits per heavy atom. The Labute approximate surface area is 143 Å². The summed E-state index contributed by atoms with van der Waals surface area (Å²) >= 11 is 16.2. The SMILES string of the molecule is COc1cc(Cl)ccc1C(Cl)c1cc(Br)c(C)cc1OC. The third kappa shape index (κ3) is 3.47. The van der Waals surface area contributed by atoms with E-state index in [0.717, 1.165) is 26.9 Å². The fourth-order valence-corrected chi connectivity index (χ4v) is 2.98. The maximum Gasteiger partial charge on any atom is 0.125 e. The molecule has 0 amide bonds. The molecule has 2 rings (SSSR count). The van der Waals surface area contributed by atoms with E-state index >= 15 is 0 Å². The monoisotopic (exact) mass is 388 g/mol. The molecule has 0 spiro atoms. The van der Waals surface area contributed by atoms with Crippen molar-refractivity contribution in [1.82, 2.24) is 0 Å². The number of rotatable bonds is 4. The molecule has 2 aromatic carbocycles. The van der Waals surface area contributed by atoms with Crippen molar-refractivity contribution in [2.24, 2.45) is 0 Å². The standard InChI is InChI=1S/C16H15BrCl2O2/c1-9-6-14(20-2)12(8-13(9)17)16(19)11-5-4-10(18)7-15(11)21-3/h4-8,16H,1-3H3. The molecule has 2 nitrogen and oxygen atoms in total. The summed E-state index contributed by atoms with van der Waals surface area (Å²) in [6.45, 7) is 2.00. The molecule has 0 heterocycles. The van der Waals surface area contributed by atoms with Gasteiger partial charge >= 0.3 is 0 Å². The number of halogens is 3. The summed E-state index contributed by atoms with van der Waals surface area (Å²) in [6, 6.07) is 9.34. The molecule has 0 aliphatic heterocycles. The van der Waals surface area contributed by atoms with Crippen LogP contribution in [0.15, 0.2) is 34.8 Å². The van der Waals surface area contributed by atoms with Gasteiger partial charge in [0.2, 0.25) is 0 Å². The molecule has 1 atom stereocenters. The number of alkyl halides is 1. The normalized spacial score (nSPS) is 12.1. The zero-order valence-electron chi connectivity index (χ0n) is 11.9. The second-order valence-electron chi connectivity index (χ2n) is 4.59. The summed E-state index contributed by atoms with van der Waals surface area (Å²) < 4.78 is 11.8. The van der Waals surface area contributed by atoms with Gasteiger partial charge in [-0.1, -0.05) is 33.6 Å². The van der Waals surface area contributed by atoms with E-state index in [4.69, 9.17) is 32.7 Å². The molecular weight excluding hydrogens is 375 g/mol. The molecule has 0 radical (unpaired) electrons. The molecule has 0 N–H and O–H groups in total. The van der Waals surface area contributed by atoms with Gasteiger partial charge < -0.3 is 9.47 Å². The minimum atomic E-state index is -0.399. The first kappa shape index (κ1) is 16.5. The number of hydrogen-bond donors (Lipinski definition) is 0. The van der Waals surface area contributed by atoms with Crippen LogP contribution in [0.5, 0.6) is 11.5 Å². The number of methoxy groups -OCH3 is 2. The third-order valence-electron chi connectivity index (χ3n) is 3.25. The largest absolute Gasteiger partial charge is 0.496 e. The van der Waals surface area contributed by atoms with E-state index in [1.807, 2.05) is 25.1 Å². The number of hydrogen-bond acceptors (Lipinski definition) is 2. The van der Waals surface area contributed by atoms with E-state index in [-0.39, 0.29) is 0 Å². The van der Waals surface area contributed by atoms with E-state index in [2.05, 4.69) is 15.9 Å². The van der Waals surface area contributed by atoms with Crippen molar-refractivity contribution in [2.75, 3.05) is 14.2 Å². The Balaban J connectivity index is 2.54. The average molecular weight is 390 g/mol. The predicted molar refractivity (Wildman–Crippen MR) is 91.1 cm³/mol. The molecule has 0 saturated carbocycles. The topological polar surface area (TPSA) is 18.5 Å². The summed E-state index contributed by atoms with van der Waals surface area (Å²) in [7, 11) is 3.23. The van der Waals surface area contributed by atoms with E-state index < -0.39 is 5.38 Å². The maximum absolute atomic E-state index is 6.65. The zero-order chi connectivity index (χ0) is 15.6. The van der Waals surface area contributed by atoms with Gasteiger partial charge in [0.15, 0.2) is 0 Å². The van der Waals surface area contributed by atoms with Crippen LogP contribution in [0.3, 0.4) is 0 Å². The summed E-state index contributed by atoms with van der Waals surface area (Å²) in [6.07, 6.45) is 0. The van der Waals surface area contributed by atoms with Crippen LogP contribution < -0.4 is 9.47 Å². The Kier molecular flexibility index (Phi) is 5.42. The Bertz CT molecular complexity index is 659. The second-order valence-corrected chi connectivity index (χ2v) is 6.32. The molecule has 1 unspecified atom stereocenters. The molecule has 0 fully saturated rings. The minimum absolute atomic E-state index is 0.399. The van der Waals surface area contributed by atoms with Crippen LogP contribution in [0, 0.1) is 6.92 Å². The van der Waals surface area contributed by atoms with E-state index in [9.17, 15) is 0 Å². The van der Waals surface area contributed by atoms with Crippen molar-refractivity contribution in [3.63, 3.8) is 0 Å². The average Bonchev–Trinajstić information content (AvgIpc) is 2.48. The van der Waals surface area contributed by atoms with Crippen molar-refractivity contribution in [2.45, 2.75) is 12.3 Å². The number of aryl methyl sites for hydroxylation is 1. The van der Waals surface area contributed by atoms with Crippen LogP contribution in [0.25, 0.3) is 0 Å². The first-order chi connectivity index (χ1) is 9.97. The van der Waals surface area contributed by atoms with Gasteiger partial charge in [-0.3, -0.25) is 0 Å². The minimum Gasteiger partial charge on any atom is -0.496 e. The lowest BCUT2D eigenvalue weighted by Crippen LogP contribution is -2.01. The third-order valence-corrected chi connectivity index (χ3v) is 4.81. The number of ether oxygens (including phenoxy) is 2. The quantitative estimate of drug-likeness (QED) is 0.619. The first-order valence-corrected chi connectivity index (χ1v) is 7.90. The van der Waals surface area contributed by atoms with Crippen molar-refractivity contribution < 1.29 is 9.47 Å². The van der Waals surface area contributed by atoms with E-state index in [0.29, 0.717) is 10.8 Å². The van der Waals surface area contributed by atoms with Crippen LogP contribution in [0.2, 0.25) is 5.02 Å². The van der Waals surface area contributed by atoms with Crippen LogP contribution in [-0.4, -0.2) is 14.2 Å². The fraction of sp³-hybridized carbons (Fsp3) is 0.250. The lowest BCUT2D eigenvalue weighted by molar-refractivity contribution is 0.404. The highest BCUT2D eigenvalue weighted by atomic mass is 79.9. The lowest BCUT2D eigenvalue weighted by atomic mass is 10.0. The summed E-state index contributed by atoms with van der Waals surface area (Å²) in [4.78, 5) is 0. The van der Waals surface area contributed by atoms with Gasteiger partial charge in [0, 0.05) is 20.6 Å². The Morgan fingerprint density at radius 2 is 1.62 bits per heavy atom. The maximum atomic E-state index is 6.65. The molecule has 5 heteroatoms. The van der Waals surface area contributed by atoms with Crippen LogP contribution in [0.1, 0.15) is 22.1 Å². The van der Waals surface area contributed by atoms with Crippen LogP contribution >= 0.6 is 39.1 Å². The van der Waals surface area contributed by atoms with Gasteiger partial charge in [-0.15, -0.1) is 11.6 Å². The molecule has 0 bridgehead atoms. The lowest BCUT2D eigenvalue weighted by Gasteiger charge is -2.18. The van der Waals surface area contributed by atoms with E-state index in [1.165, 1.54) is 0 Å². The van der Waals surface area contributed by atoms with Gasteiger partial charge in [0.1, 0.15) is 11.5 Å². The van der Waals surface area contributed by atoms with Crippen LogP contribution in [-0.2, 0) is 0 Å². The highest BCUT2D eigenvalue weighted by Crippen LogP contribution is 2.41. The van der Waals surface area contributed by atoms with Crippen molar-refractivity contribution in [1.29, 1.82) is 0 Å². The van der Waals surface area contributed by atoms with Crippen LogP contribution in [0.4, 0.5) is 0 Å². The fourth-order valence-electron chi connectivity index (χ4n) is 2.11. The summed E-state index contributed by atoms with van der Waals surface area (Å²) in [5.41, 5.74) is 2.80. The smallest absolute Gasteiger partial charge is 0.125 e. The molecular formula is C16H15BrCl2O2. The van der Waals surface area contributed by atoms with E-state index in [1.54, 1.807) is 26.4 Å². The molecule has 0 saturated heterocycles. The second kappa shape index (κ2) is 6.91. The van der Waals surface area contributed by atoms with Crippen molar-refractivity contribution >= 4 is 39.1 Å². The first-order valence-electron chi connectivity index (χ1n) is 6.29. The molecule has 0 aromatic heterocycles. The molecule has 0 aliphatic rings. The molecule has 2 aromatic rings.